The molecule has 1 unspecified atom stereocenters. The van der Waals surface area contributed by atoms with Gasteiger partial charge < -0.3 is 0 Å². The Hall–Kier alpha value is -8.06. The Labute approximate surface area is 442 Å². The quantitative estimate of drug-likeness (QED) is 0.146. The Morgan fingerprint density at radius 2 is 1.09 bits per heavy atom. The van der Waals surface area contributed by atoms with E-state index in [2.05, 4.69) is 228 Å². The van der Waals surface area contributed by atoms with Crippen molar-refractivity contribution in [2.45, 2.75) is 84.0 Å². The van der Waals surface area contributed by atoms with E-state index in [1.807, 2.05) is 13.8 Å². The van der Waals surface area contributed by atoms with E-state index < -0.39 is 5.41 Å². The first-order valence-electron chi connectivity index (χ1n) is 27.8. The molecule has 0 aliphatic heterocycles. The molecule has 5 aliphatic rings. The van der Waals surface area contributed by atoms with E-state index in [0.717, 1.165) is 38.5 Å². The number of rotatable bonds is 6. The highest BCUT2D eigenvalue weighted by molar-refractivity contribution is 6.22. The van der Waals surface area contributed by atoms with Crippen molar-refractivity contribution in [1.82, 2.24) is 0 Å². The molecule has 0 N–H and O–H groups in total. The molecule has 1 spiro atoms. The Kier molecular flexibility index (Phi) is 10.5. The van der Waals surface area contributed by atoms with Crippen LogP contribution in [0.2, 0.25) is 0 Å². The van der Waals surface area contributed by atoms with Crippen LogP contribution >= 0.6 is 0 Å². The third-order valence-electron chi connectivity index (χ3n) is 18.0. The number of hydrogen-bond acceptors (Lipinski definition) is 0. The largest absolute Gasteiger partial charge is 0.0984 e. The number of allylic oxidation sites excluding steroid dienone is 8. The van der Waals surface area contributed by atoms with Crippen LogP contribution in [0, 0.1) is 0 Å². The average Bonchev–Trinajstić information content (AvgIpc) is 4.20. The number of fused-ring (bicyclic) bond motifs is 19. The van der Waals surface area contributed by atoms with Crippen molar-refractivity contribution in [3.05, 3.63) is 256 Å². The molecule has 0 amide bonds. The normalized spacial score (nSPS) is 17.3. The van der Waals surface area contributed by atoms with Crippen LogP contribution in [0.4, 0.5) is 0 Å². The molecule has 0 aromatic heterocycles. The predicted molar refractivity (Wildman–Crippen MR) is 324 cm³/mol. The van der Waals surface area contributed by atoms with Gasteiger partial charge in [-0.2, -0.15) is 0 Å². The molecule has 75 heavy (non-hydrogen) atoms. The summed E-state index contributed by atoms with van der Waals surface area (Å²) in [5.41, 5.74) is 27.2. The minimum atomic E-state index is -0.419. The Morgan fingerprint density at radius 1 is 0.493 bits per heavy atom. The van der Waals surface area contributed by atoms with E-state index in [-0.39, 0.29) is 5.41 Å². The molecule has 1 atom stereocenters. The second-order valence-corrected chi connectivity index (χ2v) is 21.8. The van der Waals surface area contributed by atoms with Crippen molar-refractivity contribution in [2.24, 2.45) is 0 Å². The van der Waals surface area contributed by atoms with Gasteiger partial charge in [0.05, 0.1) is 5.41 Å². The summed E-state index contributed by atoms with van der Waals surface area (Å²) in [6.45, 7) is 15.4. The van der Waals surface area contributed by atoms with Crippen LogP contribution in [-0.4, -0.2) is 0 Å². The molecule has 0 fully saturated rings. The van der Waals surface area contributed by atoms with Gasteiger partial charge in [0.2, 0.25) is 0 Å². The molecule has 0 heteroatoms. The van der Waals surface area contributed by atoms with Crippen LogP contribution in [0.5, 0.6) is 0 Å². The highest BCUT2D eigenvalue weighted by Crippen LogP contribution is 2.67. The summed E-state index contributed by atoms with van der Waals surface area (Å²) in [5.74, 6) is 0. The molecule has 0 saturated heterocycles. The van der Waals surface area contributed by atoms with E-state index in [1.54, 1.807) is 0 Å². The van der Waals surface area contributed by atoms with Crippen molar-refractivity contribution >= 4 is 60.3 Å². The second kappa shape index (κ2) is 17.3. The summed E-state index contributed by atoms with van der Waals surface area (Å²) in [7, 11) is 0. The van der Waals surface area contributed by atoms with Gasteiger partial charge in [-0.15, -0.1) is 0 Å². The first-order valence-corrected chi connectivity index (χ1v) is 27.8. The van der Waals surface area contributed by atoms with Gasteiger partial charge in [-0.25, -0.2) is 0 Å². The van der Waals surface area contributed by atoms with Gasteiger partial charge in [-0.1, -0.05) is 235 Å². The maximum absolute atomic E-state index is 4.29. The van der Waals surface area contributed by atoms with E-state index >= 15 is 0 Å². The highest BCUT2D eigenvalue weighted by Gasteiger charge is 2.55. The Morgan fingerprint density at radius 3 is 1.81 bits per heavy atom. The average molecular weight is 963 g/mol. The van der Waals surface area contributed by atoms with Gasteiger partial charge in [0.25, 0.3) is 0 Å². The standard InChI is InChI=1S/C73H56.C2H6/c1-5-20-63-49(6-2)55-39-37-48(43-66(55)72(63,3)4)68-59-30-12-10-28-57(59)67(58-29-11-13-31-60(58)68)47-22-19-21-44(42-47)45-35-38-50-46(41-45)36-40-62-69-56-27-9-7-23-51(56)52-24-8-14-32-61(52)71(69)73(70(50)62)64-33-17-15-25-53(64)54-26-16-18-34-65(54)73;1-2/h6-7,9-15,17-19,21-23,25,27-43H,2,5,8,16,20,24,26H2,1,3-4H3;1-2H3. The maximum Gasteiger partial charge on any atom is 0.0734 e. The summed E-state index contributed by atoms with van der Waals surface area (Å²) < 4.78 is 0. The van der Waals surface area contributed by atoms with E-state index in [1.165, 1.54) is 154 Å². The van der Waals surface area contributed by atoms with Crippen molar-refractivity contribution in [3.63, 3.8) is 0 Å². The summed E-state index contributed by atoms with van der Waals surface area (Å²) in [4.78, 5) is 0. The van der Waals surface area contributed by atoms with Gasteiger partial charge in [0.15, 0.2) is 0 Å². The zero-order chi connectivity index (χ0) is 50.7. The minimum absolute atomic E-state index is 0.0617. The first-order chi connectivity index (χ1) is 36.9. The van der Waals surface area contributed by atoms with E-state index in [4.69, 9.17) is 0 Å². The lowest BCUT2D eigenvalue weighted by molar-refractivity contribution is 0.603. The molecule has 10 aromatic carbocycles. The maximum atomic E-state index is 4.29. The first kappa shape index (κ1) is 45.5. The Bertz CT molecular complexity index is 4190. The summed E-state index contributed by atoms with van der Waals surface area (Å²) in [5, 5.41) is 10.5. The van der Waals surface area contributed by atoms with Gasteiger partial charge in [0.1, 0.15) is 0 Å². The smallest absolute Gasteiger partial charge is 0.0734 e. The second-order valence-electron chi connectivity index (χ2n) is 21.8. The summed E-state index contributed by atoms with van der Waals surface area (Å²) in [6, 6.07) is 65.7. The molecule has 5 aliphatic carbocycles. The molecule has 0 heterocycles. The zero-order valence-corrected chi connectivity index (χ0v) is 44.0. The lowest BCUT2D eigenvalue weighted by Crippen LogP contribution is -2.29. The highest BCUT2D eigenvalue weighted by atomic mass is 14.6. The topological polar surface area (TPSA) is 0 Å². The van der Waals surface area contributed by atoms with Crippen molar-refractivity contribution in [2.75, 3.05) is 0 Å². The SMILES string of the molecule is C=CC1=C(CCC)C(C)(C)c2cc(-c3c4ccccc4c(-c4cccc(-c5ccc6c7c(ccc6c5)-c5c(c6c(c8ccccc58)CCC=C6)C75C6=C(CCC=C6)c6ccccc65)c4)c4ccccc34)ccc21.CC. The van der Waals surface area contributed by atoms with E-state index in [0.29, 0.717) is 0 Å². The van der Waals surface area contributed by atoms with Crippen LogP contribution in [0.1, 0.15) is 111 Å². The summed E-state index contributed by atoms with van der Waals surface area (Å²) in [6.07, 6.45) is 18.4. The van der Waals surface area contributed by atoms with E-state index in [9.17, 15) is 0 Å². The lowest BCUT2D eigenvalue weighted by atomic mass is 9.65. The van der Waals surface area contributed by atoms with Crippen LogP contribution in [0.15, 0.2) is 212 Å². The molecule has 10 aromatic rings. The predicted octanol–water partition coefficient (Wildman–Crippen LogP) is 20.7. The fourth-order valence-electron chi connectivity index (χ4n) is 15.0. The van der Waals surface area contributed by atoms with Gasteiger partial charge in [-0.3, -0.25) is 0 Å². The van der Waals surface area contributed by atoms with Crippen LogP contribution < -0.4 is 0 Å². The lowest BCUT2D eigenvalue weighted by Gasteiger charge is -2.35. The molecule has 0 bridgehead atoms. The van der Waals surface area contributed by atoms with Crippen molar-refractivity contribution in [1.29, 1.82) is 0 Å². The number of aryl methyl sites for hydroxylation is 1. The molecule has 362 valence electrons. The molecular weight excluding hydrogens is 901 g/mol. The monoisotopic (exact) mass is 962 g/mol. The molecule has 0 radical (unpaired) electrons. The third-order valence-corrected chi connectivity index (χ3v) is 18.0. The zero-order valence-electron chi connectivity index (χ0n) is 44.0. The minimum Gasteiger partial charge on any atom is -0.0984 e. The number of benzene rings is 10. The fraction of sp³-hybridized carbons (Fsp3) is 0.173. The summed E-state index contributed by atoms with van der Waals surface area (Å²) >= 11 is 0. The van der Waals surface area contributed by atoms with Crippen molar-refractivity contribution < 1.29 is 0 Å². The van der Waals surface area contributed by atoms with Crippen LogP contribution in [0.3, 0.4) is 0 Å². The van der Waals surface area contributed by atoms with Gasteiger partial charge in [-0.05, 0) is 199 Å². The number of hydrogen-bond donors (Lipinski definition) is 0. The van der Waals surface area contributed by atoms with Crippen LogP contribution in [0.25, 0.3) is 105 Å². The molecular formula is C75H62. The molecule has 15 rings (SSSR count). The molecule has 0 saturated carbocycles. The van der Waals surface area contributed by atoms with Gasteiger partial charge >= 0.3 is 0 Å². The molecule has 0 nitrogen and oxygen atoms in total. The third kappa shape index (κ3) is 6.23. The van der Waals surface area contributed by atoms with Gasteiger partial charge in [0, 0.05) is 5.41 Å². The van der Waals surface area contributed by atoms with Crippen LogP contribution in [-0.2, 0) is 17.3 Å². The fourth-order valence-corrected chi connectivity index (χ4v) is 15.0. The Balaban J connectivity index is 0.00000255. The van der Waals surface area contributed by atoms with Crippen molar-refractivity contribution in [3.8, 4) is 44.5 Å².